The second-order valence-corrected chi connectivity index (χ2v) is 5.61. The number of aromatic nitrogens is 1. The quantitative estimate of drug-likeness (QED) is 0.825. The van der Waals surface area contributed by atoms with Crippen LogP contribution in [0.3, 0.4) is 0 Å². The van der Waals surface area contributed by atoms with Gasteiger partial charge < -0.3 is 10.2 Å². The van der Waals surface area contributed by atoms with Crippen molar-refractivity contribution in [2.75, 3.05) is 11.3 Å². The van der Waals surface area contributed by atoms with Crippen LogP contribution < -0.4 is 10.5 Å². The van der Waals surface area contributed by atoms with E-state index in [1.54, 1.807) is 19.1 Å². The van der Waals surface area contributed by atoms with Gasteiger partial charge in [-0.2, -0.15) is 4.98 Å². The fourth-order valence-corrected chi connectivity index (χ4v) is 2.38. The molecule has 0 fully saturated rings. The minimum absolute atomic E-state index is 0.0606. The molecular formula is C13H13N3O3S. The number of hydrogen-bond acceptors (Lipinski definition) is 5. The average molecular weight is 291 g/mol. The Morgan fingerprint density at radius 3 is 2.60 bits per heavy atom. The van der Waals surface area contributed by atoms with Gasteiger partial charge in [0.2, 0.25) is 0 Å². The van der Waals surface area contributed by atoms with Gasteiger partial charge in [0.25, 0.3) is 10.0 Å². The van der Waals surface area contributed by atoms with Crippen molar-refractivity contribution in [3.63, 3.8) is 0 Å². The summed E-state index contributed by atoms with van der Waals surface area (Å²) in [6.07, 6.45) is 1.36. The normalized spacial score (nSPS) is 10.7. The number of sulfonamides is 1. The van der Waals surface area contributed by atoms with Gasteiger partial charge in [0.05, 0.1) is 17.1 Å². The maximum absolute atomic E-state index is 12.1. The van der Waals surface area contributed by atoms with E-state index >= 15 is 0 Å². The van der Waals surface area contributed by atoms with Crippen LogP contribution >= 0.6 is 0 Å². The summed E-state index contributed by atoms with van der Waals surface area (Å²) in [5.74, 6) is 5.51. The van der Waals surface area contributed by atoms with Crippen molar-refractivity contribution in [2.24, 2.45) is 5.73 Å². The minimum Gasteiger partial charge on any atom is -0.431 e. The summed E-state index contributed by atoms with van der Waals surface area (Å²) < 4.78 is 31.4. The molecule has 2 aromatic rings. The molecule has 7 heteroatoms. The summed E-state index contributed by atoms with van der Waals surface area (Å²) in [6.45, 7) is 1.96. The highest BCUT2D eigenvalue weighted by Gasteiger charge is 2.16. The zero-order valence-corrected chi connectivity index (χ0v) is 11.6. The summed E-state index contributed by atoms with van der Waals surface area (Å²) >= 11 is 0. The molecule has 0 unspecified atom stereocenters. The third-order valence-electron chi connectivity index (χ3n) is 2.34. The van der Waals surface area contributed by atoms with Gasteiger partial charge in [-0.25, -0.2) is 13.1 Å². The molecule has 0 atom stereocenters. The summed E-state index contributed by atoms with van der Waals surface area (Å²) in [4.78, 5) is 3.99. The molecule has 2 rings (SSSR count). The van der Waals surface area contributed by atoms with Gasteiger partial charge >= 0.3 is 6.01 Å². The minimum atomic E-state index is -3.72. The highest BCUT2D eigenvalue weighted by atomic mass is 32.2. The van der Waals surface area contributed by atoms with Gasteiger partial charge in [-0.05, 0) is 31.2 Å². The van der Waals surface area contributed by atoms with Crippen LogP contribution in [-0.2, 0) is 10.0 Å². The molecule has 0 aliphatic rings. The van der Waals surface area contributed by atoms with Crippen molar-refractivity contribution in [2.45, 2.75) is 11.8 Å². The highest BCUT2D eigenvalue weighted by Crippen LogP contribution is 2.15. The number of nitrogens with zero attached hydrogens (tertiary/aromatic N) is 1. The summed E-state index contributed by atoms with van der Waals surface area (Å²) in [5, 5.41) is 0. The molecule has 0 saturated heterocycles. The highest BCUT2D eigenvalue weighted by molar-refractivity contribution is 7.92. The van der Waals surface area contributed by atoms with E-state index in [2.05, 4.69) is 21.5 Å². The molecule has 0 spiro atoms. The lowest BCUT2D eigenvalue weighted by Crippen LogP contribution is -2.13. The molecule has 0 amide bonds. The van der Waals surface area contributed by atoms with Crippen LogP contribution in [0.4, 0.5) is 6.01 Å². The van der Waals surface area contributed by atoms with Crippen LogP contribution in [0.5, 0.6) is 0 Å². The van der Waals surface area contributed by atoms with Gasteiger partial charge in [0.1, 0.15) is 6.26 Å². The molecule has 0 bridgehead atoms. The lowest BCUT2D eigenvalue weighted by Gasteiger charge is -2.04. The monoisotopic (exact) mass is 291 g/mol. The first-order valence-electron chi connectivity index (χ1n) is 5.75. The first-order valence-corrected chi connectivity index (χ1v) is 7.23. The van der Waals surface area contributed by atoms with Crippen molar-refractivity contribution in [3.8, 4) is 11.8 Å². The second-order valence-electron chi connectivity index (χ2n) is 3.93. The predicted octanol–water partition coefficient (Wildman–Crippen LogP) is 1.09. The van der Waals surface area contributed by atoms with Gasteiger partial charge in [-0.3, -0.25) is 0 Å². The fraction of sp³-hybridized carbons (Fsp3) is 0.154. The number of aryl methyl sites for hydroxylation is 1. The number of anilines is 1. The first-order chi connectivity index (χ1) is 9.51. The Hall–Kier alpha value is -2.30. The van der Waals surface area contributed by atoms with E-state index in [-0.39, 0.29) is 17.5 Å². The van der Waals surface area contributed by atoms with Gasteiger partial charge in [-0.15, -0.1) is 0 Å². The van der Waals surface area contributed by atoms with E-state index in [1.165, 1.54) is 18.4 Å². The number of nitrogens with one attached hydrogen (secondary N) is 1. The summed E-state index contributed by atoms with van der Waals surface area (Å²) in [5.41, 5.74) is 6.55. The smallest absolute Gasteiger partial charge is 0.309 e. The largest absolute Gasteiger partial charge is 0.431 e. The molecule has 0 radical (unpaired) electrons. The molecular weight excluding hydrogens is 278 g/mol. The Labute approximate surface area is 117 Å². The molecule has 104 valence electrons. The zero-order valence-electron chi connectivity index (χ0n) is 10.8. The number of hydrogen-bond donors (Lipinski definition) is 2. The molecule has 0 saturated carbocycles. The molecule has 1 aromatic heterocycles. The van der Waals surface area contributed by atoms with Crippen LogP contribution in [0.2, 0.25) is 0 Å². The molecule has 6 nitrogen and oxygen atoms in total. The third-order valence-corrected chi connectivity index (χ3v) is 3.68. The summed E-state index contributed by atoms with van der Waals surface area (Å²) in [6, 6.07) is 6.07. The lowest BCUT2D eigenvalue weighted by molar-refractivity contribution is 0.569. The van der Waals surface area contributed by atoms with Gasteiger partial charge in [0.15, 0.2) is 0 Å². The fourth-order valence-electron chi connectivity index (χ4n) is 1.45. The molecule has 3 N–H and O–H groups in total. The van der Waals surface area contributed by atoms with Crippen molar-refractivity contribution < 1.29 is 12.8 Å². The van der Waals surface area contributed by atoms with Crippen molar-refractivity contribution in [1.29, 1.82) is 0 Å². The van der Waals surface area contributed by atoms with Crippen LogP contribution in [0.15, 0.2) is 39.8 Å². The molecule has 0 aliphatic carbocycles. The molecule has 0 aliphatic heterocycles. The maximum Gasteiger partial charge on any atom is 0.309 e. The SMILES string of the molecule is Cc1coc(NS(=O)(=O)c2ccc(C#CCN)cc2)n1. The van der Waals surface area contributed by atoms with Crippen molar-refractivity contribution in [3.05, 3.63) is 41.8 Å². The van der Waals surface area contributed by atoms with E-state index in [4.69, 9.17) is 10.2 Å². The van der Waals surface area contributed by atoms with Crippen LogP contribution in [0.25, 0.3) is 0 Å². The third kappa shape index (κ3) is 3.38. The Kier molecular flexibility index (Phi) is 4.08. The van der Waals surface area contributed by atoms with E-state index < -0.39 is 10.0 Å². The molecule has 1 heterocycles. The van der Waals surface area contributed by atoms with Crippen molar-refractivity contribution >= 4 is 16.0 Å². The van der Waals surface area contributed by atoms with Crippen LogP contribution in [0, 0.1) is 18.8 Å². The molecule has 20 heavy (non-hydrogen) atoms. The lowest BCUT2D eigenvalue weighted by atomic mass is 10.2. The molecule has 1 aromatic carbocycles. The van der Waals surface area contributed by atoms with Gasteiger partial charge in [-0.1, -0.05) is 11.8 Å². The van der Waals surface area contributed by atoms with Crippen LogP contribution in [-0.4, -0.2) is 19.9 Å². The standard InChI is InChI=1S/C13H13N3O3S/c1-10-9-19-13(15-10)16-20(17,18)12-6-4-11(5-7-12)3-2-8-14/h4-7,9H,8,14H2,1H3,(H,15,16). The Bertz CT molecular complexity index is 752. The van der Waals surface area contributed by atoms with Gasteiger partial charge in [0, 0.05) is 5.56 Å². The predicted molar refractivity (Wildman–Crippen MR) is 74.4 cm³/mol. The van der Waals surface area contributed by atoms with E-state index in [1.807, 2.05) is 0 Å². The topological polar surface area (TPSA) is 98.2 Å². The summed E-state index contributed by atoms with van der Waals surface area (Å²) in [7, 11) is -3.72. The Balaban J connectivity index is 2.21. The van der Waals surface area contributed by atoms with E-state index in [0.717, 1.165) is 0 Å². The second kappa shape index (κ2) is 5.77. The average Bonchev–Trinajstić information content (AvgIpc) is 2.81. The van der Waals surface area contributed by atoms with Crippen LogP contribution in [0.1, 0.15) is 11.3 Å². The van der Waals surface area contributed by atoms with E-state index in [0.29, 0.717) is 11.3 Å². The number of nitrogens with two attached hydrogens (primary N) is 1. The first kappa shape index (κ1) is 14.1. The zero-order chi connectivity index (χ0) is 14.6. The number of oxazole rings is 1. The number of benzene rings is 1. The Morgan fingerprint density at radius 1 is 1.35 bits per heavy atom. The van der Waals surface area contributed by atoms with E-state index in [9.17, 15) is 8.42 Å². The number of rotatable bonds is 3. The Morgan fingerprint density at radius 2 is 2.05 bits per heavy atom. The van der Waals surface area contributed by atoms with Crippen molar-refractivity contribution in [1.82, 2.24) is 4.98 Å². The maximum atomic E-state index is 12.1.